The van der Waals surface area contributed by atoms with Crippen LogP contribution in [-0.2, 0) is 11.3 Å². The van der Waals surface area contributed by atoms with E-state index in [1.54, 1.807) is 13.0 Å². The fraction of sp³-hybridized carbons (Fsp3) is 0.188. The van der Waals surface area contributed by atoms with Crippen molar-refractivity contribution in [3.8, 4) is 5.75 Å². The number of aryl methyl sites for hydroxylation is 1. The molecule has 5 heteroatoms. The Bertz CT molecular complexity index is 669. The van der Waals surface area contributed by atoms with Gasteiger partial charge in [-0.2, -0.15) is 0 Å². The van der Waals surface area contributed by atoms with Crippen LogP contribution in [0.3, 0.4) is 0 Å². The lowest BCUT2D eigenvalue weighted by molar-refractivity contribution is 0.0595. The van der Waals surface area contributed by atoms with Gasteiger partial charge in [0, 0.05) is 0 Å². The summed E-state index contributed by atoms with van der Waals surface area (Å²) in [6.07, 6.45) is 0. The normalized spacial score (nSPS) is 10.3. The summed E-state index contributed by atoms with van der Waals surface area (Å²) in [4.78, 5) is 11.3. The van der Waals surface area contributed by atoms with Crippen LogP contribution < -0.4 is 4.74 Å². The van der Waals surface area contributed by atoms with Crippen LogP contribution in [0.25, 0.3) is 0 Å². The predicted molar refractivity (Wildman–Crippen MR) is 73.2 cm³/mol. The summed E-state index contributed by atoms with van der Waals surface area (Å²) in [6.45, 7) is 1.84. The van der Waals surface area contributed by atoms with Crippen LogP contribution in [0.5, 0.6) is 5.75 Å². The van der Waals surface area contributed by atoms with E-state index in [-0.39, 0.29) is 18.0 Å². The van der Waals surface area contributed by atoms with Crippen LogP contribution in [0.2, 0.25) is 0 Å². The Balaban J connectivity index is 2.10. The molecule has 0 spiro atoms. The molecule has 2 aromatic rings. The van der Waals surface area contributed by atoms with Gasteiger partial charge < -0.3 is 9.47 Å². The fourth-order valence-electron chi connectivity index (χ4n) is 1.86. The van der Waals surface area contributed by atoms with E-state index in [4.69, 9.17) is 4.74 Å². The zero-order valence-corrected chi connectivity index (χ0v) is 11.7. The molecule has 0 amide bonds. The number of esters is 1. The molecule has 0 radical (unpaired) electrons. The average molecular weight is 292 g/mol. The van der Waals surface area contributed by atoms with Crippen molar-refractivity contribution in [3.63, 3.8) is 0 Å². The maximum atomic E-state index is 13.7. The second kappa shape index (κ2) is 6.35. The van der Waals surface area contributed by atoms with Crippen molar-refractivity contribution in [2.24, 2.45) is 0 Å². The number of halogens is 2. The lowest BCUT2D eigenvalue weighted by Gasteiger charge is -2.10. The van der Waals surface area contributed by atoms with Gasteiger partial charge in [-0.15, -0.1) is 0 Å². The Morgan fingerprint density at radius 3 is 2.52 bits per heavy atom. The first-order valence-corrected chi connectivity index (χ1v) is 6.27. The number of hydrogen-bond acceptors (Lipinski definition) is 3. The van der Waals surface area contributed by atoms with Gasteiger partial charge in [0.2, 0.25) is 0 Å². The quantitative estimate of drug-likeness (QED) is 0.807. The summed E-state index contributed by atoms with van der Waals surface area (Å²) < 4.78 is 36.7. The number of rotatable bonds is 4. The minimum Gasteiger partial charge on any atom is -0.489 e. The minimum absolute atomic E-state index is 0.116. The second-order valence-electron chi connectivity index (χ2n) is 4.50. The highest BCUT2D eigenvalue weighted by Gasteiger charge is 2.12. The molecule has 2 rings (SSSR count). The Morgan fingerprint density at radius 2 is 1.90 bits per heavy atom. The molecule has 0 heterocycles. The molecule has 0 aliphatic heterocycles. The van der Waals surface area contributed by atoms with Gasteiger partial charge in [0.25, 0.3) is 0 Å². The zero-order valence-electron chi connectivity index (χ0n) is 11.7. The third kappa shape index (κ3) is 3.56. The van der Waals surface area contributed by atoms with E-state index in [0.717, 1.165) is 0 Å². The number of ether oxygens (including phenoxy) is 2. The topological polar surface area (TPSA) is 35.5 Å². The molecule has 0 fully saturated rings. The molecule has 2 aromatic carbocycles. The van der Waals surface area contributed by atoms with Crippen LogP contribution >= 0.6 is 0 Å². The molecule has 0 saturated carbocycles. The maximum Gasteiger partial charge on any atom is 0.340 e. The van der Waals surface area contributed by atoms with Crippen molar-refractivity contribution >= 4 is 5.97 Å². The zero-order chi connectivity index (χ0) is 15.4. The molecular weight excluding hydrogens is 278 g/mol. The van der Waals surface area contributed by atoms with E-state index >= 15 is 0 Å². The SMILES string of the molecule is COC(=O)c1ccc(COc2ccc(F)cc2C)cc1F. The summed E-state index contributed by atoms with van der Waals surface area (Å²) in [5.41, 5.74) is 1.09. The highest BCUT2D eigenvalue weighted by molar-refractivity contribution is 5.89. The van der Waals surface area contributed by atoms with Crippen LogP contribution in [-0.4, -0.2) is 13.1 Å². The van der Waals surface area contributed by atoms with Crippen LogP contribution in [0, 0.1) is 18.6 Å². The molecular formula is C16H14F2O3. The third-order valence-corrected chi connectivity index (χ3v) is 2.97. The molecule has 21 heavy (non-hydrogen) atoms. The van der Waals surface area contributed by atoms with Crippen LogP contribution in [0.1, 0.15) is 21.5 Å². The van der Waals surface area contributed by atoms with Crippen molar-refractivity contribution in [2.45, 2.75) is 13.5 Å². The minimum atomic E-state index is -0.727. The van der Waals surface area contributed by atoms with E-state index in [1.807, 2.05) is 0 Å². The predicted octanol–water partition coefficient (Wildman–Crippen LogP) is 3.64. The molecule has 0 N–H and O–H groups in total. The smallest absolute Gasteiger partial charge is 0.340 e. The molecule has 0 unspecified atom stereocenters. The van der Waals surface area contributed by atoms with Gasteiger partial charge in [0.05, 0.1) is 12.7 Å². The van der Waals surface area contributed by atoms with E-state index in [2.05, 4.69) is 4.74 Å². The number of hydrogen-bond donors (Lipinski definition) is 0. The summed E-state index contributed by atoms with van der Waals surface area (Å²) in [7, 11) is 1.19. The molecule has 0 bridgehead atoms. The maximum absolute atomic E-state index is 13.7. The van der Waals surface area contributed by atoms with Crippen molar-refractivity contribution in [2.75, 3.05) is 7.11 Å². The molecule has 110 valence electrons. The highest BCUT2D eigenvalue weighted by atomic mass is 19.1. The van der Waals surface area contributed by atoms with Gasteiger partial charge >= 0.3 is 5.97 Å². The third-order valence-electron chi connectivity index (χ3n) is 2.97. The van der Waals surface area contributed by atoms with Crippen LogP contribution in [0.4, 0.5) is 8.78 Å². The van der Waals surface area contributed by atoms with Gasteiger partial charge in [0.15, 0.2) is 0 Å². The monoisotopic (exact) mass is 292 g/mol. The van der Waals surface area contributed by atoms with E-state index in [9.17, 15) is 13.6 Å². The number of benzene rings is 2. The lowest BCUT2D eigenvalue weighted by atomic mass is 10.1. The van der Waals surface area contributed by atoms with Crippen molar-refractivity contribution in [3.05, 3.63) is 64.7 Å². The van der Waals surface area contributed by atoms with Crippen LogP contribution in [0.15, 0.2) is 36.4 Å². The van der Waals surface area contributed by atoms with Gasteiger partial charge in [-0.25, -0.2) is 13.6 Å². The summed E-state index contributed by atoms with van der Waals surface area (Å²) >= 11 is 0. The molecule has 0 atom stereocenters. The molecule has 0 saturated heterocycles. The summed E-state index contributed by atoms with van der Waals surface area (Å²) in [5.74, 6) is -1.21. The van der Waals surface area contributed by atoms with Gasteiger partial charge in [0.1, 0.15) is 24.0 Å². The first kappa shape index (κ1) is 15.0. The molecule has 0 aromatic heterocycles. The van der Waals surface area contributed by atoms with Crippen molar-refractivity contribution in [1.29, 1.82) is 0 Å². The van der Waals surface area contributed by atoms with Gasteiger partial charge in [-0.1, -0.05) is 6.07 Å². The highest BCUT2D eigenvalue weighted by Crippen LogP contribution is 2.20. The van der Waals surface area contributed by atoms with Gasteiger partial charge in [-0.3, -0.25) is 0 Å². The Hall–Kier alpha value is -2.43. The summed E-state index contributed by atoms with van der Waals surface area (Å²) in [5, 5.41) is 0. The van der Waals surface area contributed by atoms with Gasteiger partial charge in [-0.05, 0) is 48.4 Å². The number of methoxy groups -OCH3 is 1. The standard InChI is InChI=1S/C16H14F2O3/c1-10-7-12(17)4-6-15(10)21-9-11-3-5-13(14(18)8-11)16(19)20-2/h3-8H,9H2,1-2H3. The Morgan fingerprint density at radius 1 is 1.14 bits per heavy atom. The molecule has 0 aliphatic rings. The first-order chi connectivity index (χ1) is 10.0. The van der Waals surface area contributed by atoms with E-state index in [1.165, 1.54) is 37.4 Å². The number of carbonyl (C=O) groups is 1. The van der Waals surface area contributed by atoms with Crippen molar-refractivity contribution in [1.82, 2.24) is 0 Å². The molecule has 0 aliphatic carbocycles. The average Bonchev–Trinajstić information content (AvgIpc) is 2.45. The lowest BCUT2D eigenvalue weighted by Crippen LogP contribution is -2.06. The molecule has 3 nitrogen and oxygen atoms in total. The fourth-order valence-corrected chi connectivity index (χ4v) is 1.86. The van der Waals surface area contributed by atoms with E-state index < -0.39 is 11.8 Å². The number of carbonyl (C=O) groups excluding carboxylic acids is 1. The second-order valence-corrected chi connectivity index (χ2v) is 4.50. The van der Waals surface area contributed by atoms with E-state index in [0.29, 0.717) is 16.9 Å². The van der Waals surface area contributed by atoms with Crippen molar-refractivity contribution < 1.29 is 23.0 Å². The first-order valence-electron chi connectivity index (χ1n) is 6.27. The largest absolute Gasteiger partial charge is 0.489 e. The summed E-state index contributed by atoms with van der Waals surface area (Å²) in [6, 6.07) is 8.31. The Labute approximate surface area is 121 Å². The Kier molecular flexibility index (Phi) is 4.52.